The van der Waals surface area contributed by atoms with E-state index in [1.54, 1.807) is 16.9 Å². The normalized spacial score (nSPS) is 11.2. The summed E-state index contributed by atoms with van der Waals surface area (Å²) in [5, 5.41) is 5.25. The maximum Gasteiger partial charge on any atom is 0.153 e. The highest BCUT2D eigenvalue weighted by Gasteiger charge is 2.17. The first kappa shape index (κ1) is 13.5. The Morgan fingerprint density at radius 3 is 2.76 bits per heavy atom. The van der Waals surface area contributed by atoms with Gasteiger partial charge < -0.3 is 5.73 Å². The van der Waals surface area contributed by atoms with Crippen LogP contribution in [-0.2, 0) is 12.8 Å². The van der Waals surface area contributed by atoms with E-state index in [2.05, 4.69) is 10.1 Å². The molecule has 0 bridgehead atoms. The standard InChI is InChI=1S/C16H17FN4/c1-3-10-8-11(4-2)21(20-10)16-13(17)9-14(18)12-6-5-7-19-15(12)16/h5-9H,3-4,18H2,1-2H3. The predicted octanol–water partition coefficient (Wildman–Crippen LogP) is 3.27. The zero-order valence-electron chi connectivity index (χ0n) is 12.1. The van der Waals surface area contributed by atoms with Crippen LogP contribution in [0.2, 0.25) is 0 Å². The van der Waals surface area contributed by atoms with Crippen LogP contribution in [0.4, 0.5) is 10.1 Å². The number of nitrogen functional groups attached to an aromatic ring is 1. The molecule has 0 spiro atoms. The van der Waals surface area contributed by atoms with E-state index >= 15 is 0 Å². The van der Waals surface area contributed by atoms with Crippen molar-refractivity contribution in [3.8, 4) is 5.69 Å². The average Bonchev–Trinajstić information content (AvgIpc) is 2.90. The summed E-state index contributed by atoms with van der Waals surface area (Å²) in [6.45, 7) is 4.06. The predicted molar refractivity (Wildman–Crippen MR) is 82.0 cm³/mol. The fourth-order valence-corrected chi connectivity index (χ4v) is 2.52. The van der Waals surface area contributed by atoms with Gasteiger partial charge in [0.2, 0.25) is 0 Å². The van der Waals surface area contributed by atoms with Gasteiger partial charge in [0.15, 0.2) is 5.82 Å². The Labute approximate surface area is 122 Å². The lowest BCUT2D eigenvalue weighted by Crippen LogP contribution is -2.07. The Hall–Kier alpha value is -2.43. The van der Waals surface area contributed by atoms with Gasteiger partial charge in [-0.05, 0) is 37.1 Å². The second kappa shape index (κ2) is 5.16. The van der Waals surface area contributed by atoms with E-state index in [9.17, 15) is 4.39 Å². The average molecular weight is 284 g/mol. The molecule has 108 valence electrons. The molecule has 1 aromatic carbocycles. The number of nitrogens with zero attached hydrogens (tertiary/aromatic N) is 3. The quantitative estimate of drug-likeness (QED) is 0.751. The van der Waals surface area contributed by atoms with Crippen molar-refractivity contribution in [1.29, 1.82) is 0 Å². The van der Waals surface area contributed by atoms with Gasteiger partial charge in [0.05, 0.1) is 5.69 Å². The smallest absolute Gasteiger partial charge is 0.153 e. The van der Waals surface area contributed by atoms with Crippen molar-refractivity contribution in [3.05, 3.63) is 47.7 Å². The third-order valence-corrected chi connectivity index (χ3v) is 3.62. The van der Waals surface area contributed by atoms with Crippen LogP contribution in [0, 0.1) is 5.82 Å². The van der Waals surface area contributed by atoms with Gasteiger partial charge >= 0.3 is 0 Å². The van der Waals surface area contributed by atoms with E-state index in [0.29, 0.717) is 16.9 Å². The molecule has 2 N–H and O–H groups in total. The van der Waals surface area contributed by atoms with Gasteiger partial charge in [0.25, 0.3) is 0 Å². The number of pyridine rings is 1. The molecule has 21 heavy (non-hydrogen) atoms. The molecule has 0 atom stereocenters. The van der Waals surface area contributed by atoms with Crippen LogP contribution < -0.4 is 5.73 Å². The zero-order valence-corrected chi connectivity index (χ0v) is 12.1. The van der Waals surface area contributed by atoms with E-state index < -0.39 is 5.82 Å². The summed E-state index contributed by atoms with van der Waals surface area (Å²) in [6, 6.07) is 6.98. The molecule has 0 aliphatic rings. The van der Waals surface area contributed by atoms with Gasteiger partial charge in [0, 0.05) is 23.0 Å². The van der Waals surface area contributed by atoms with Gasteiger partial charge in [-0.2, -0.15) is 5.10 Å². The Balaban J connectivity index is 2.37. The molecular formula is C16H17FN4. The highest BCUT2D eigenvalue weighted by molar-refractivity contribution is 5.95. The molecule has 4 nitrogen and oxygen atoms in total. The highest BCUT2D eigenvalue weighted by atomic mass is 19.1. The lowest BCUT2D eigenvalue weighted by atomic mass is 10.1. The topological polar surface area (TPSA) is 56.7 Å². The number of fused-ring (bicyclic) bond motifs is 1. The largest absolute Gasteiger partial charge is 0.398 e. The Morgan fingerprint density at radius 2 is 2.05 bits per heavy atom. The summed E-state index contributed by atoms with van der Waals surface area (Å²) in [4.78, 5) is 4.31. The summed E-state index contributed by atoms with van der Waals surface area (Å²) in [6.07, 6.45) is 3.22. The fraction of sp³-hybridized carbons (Fsp3) is 0.250. The van der Waals surface area contributed by atoms with Crippen LogP contribution in [0.5, 0.6) is 0 Å². The highest BCUT2D eigenvalue weighted by Crippen LogP contribution is 2.29. The molecule has 2 heterocycles. The van der Waals surface area contributed by atoms with Crippen molar-refractivity contribution in [2.24, 2.45) is 0 Å². The number of aryl methyl sites for hydroxylation is 2. The Bertz CT molecular complexity index is 807. The number of nitrogens with two attached hydrogens (primary N) is 1. The van der Waals surface area contributed by atoms with Gasteiger partial charge in [0.1, 0.15) is 11.2 Å². The van der Waals surface area contributed by atoms with Crippen molar-refractivity contribution in [3.63, 3.8) is 0 Å². The minimum atomic E-state index is -0.404. The van der Waals surface area contributed by atoms with Crippen LogP contribution in [0.3, 0.4) is 0 Å². The molecule has 2 aromatic heterocycles. The monoisotopic (exact) mass is 284 g/mol. The fourth-order valence-electron chi connectivity index (χ4n) is 2.52. The molecule has 0 unspecified atom stereocenters. The number of rotatable bonds is 3. The first-order valence-corrected chi connectivity index (χ1v) is 7.06. The number of hydrogen-bond donors (Lipinski definition) is 1. The number of benzene rings is 1. The van der Waals surface area contributed by atoms with Gasteiger partial charge in [-0.1, -0.05) is 13.8 Å². The maximum absolute atomic E-state index is 14.5. The van der Waals surface area contributed by atoms with Gasteiger partial charge in [-0.15, -0.1) is 0 Å². The summed E-state index contributed by atoms with van der Waals surface area (Å²) in [7, 11) is 0. The molecule has 0 aliphatic heterocycles. The summed E-state index contributed by atoms with van der Waals surface area (Å²) in [5.41, 5.74) is 9.09. The zero-order chi connectivity index (χ0) is 15.0. The second-order valence-electron chi connectivity index (χ2n) is 4.94. The van der Waals surface area contributed by atoms with Crippen molar-refractivity contribution >= 4 is 16.6 Å². The minimum absolute atomic E-state index is 0.372. The van der Waals surface area contributed by atoms with Crippen molar-refractivity contribution in [2.45, 2.75) is 26.7 Å². The van der Waals surface area contributed by atoms with E-state index in [1.807, 2.05) is 26.0 Å². The van der Waals surface area contributed by atoms with Crippen LogP contribution in [-0.4, -0.2) is 14.8 Å². The summed E-state index contributed by atoms with van der Waals surface area (Å²) >= 11 is 0. The Kier molecular flexibility index (Phi) is 3.33. The molecule has 0 saturated carbocycles. The SMILES string of the molecule is CCc1cc(CC)n(-c2c(F)cc(N)c3cccnc23)n1. The third-order valence-electron chi connectivity index (χ3n) is 3.62. The molecular weight excluding hydrogens is 267 g/mol. The molecule has 3 rings (SSSR count). The van der Waals surface area contributed by atoms with Crippen molar-refractivity contribution < 1.29 is 4.39 Å². The lowest BCUT2D eigenvalue weighted by molar-refractivity contribution is 0.609. The molecule has 3 aromatic rings. The summed E-state index contributed by atoms with van der Waals surface area (Å²) in [5.74, 6) is -0.404. The van der Waals surface area contributed by atoms with Crippen LogP contribution >= 0.6 is 0 Å². The number of halogens is 1. The van der Waals surface area contributed by atoms with Gasteiger partial charge in [-0.25, -0.2) is 9.07 Å². The van der Waals surface area contributed by atoms with E-state index in [1.165, 1.54) is 6.07 Å². The maximum atomic E-state index is 14.5. The number of aromatic nitrogens is 3. The van der Waals surface area contributed by atoms with Crippen molar-refractivity contribution in [2.75, 3.05) is 5.73 Å². The molecule has 5 heteroatoms. The number of anilines is 1. The van der Waals surface area contributed by atoms with E-state index in [-0.39, 0.29) is 0 Å². The van der Waals surface area contributed by atoms with Crippen LogP contribution in [0.15, 0.2) is 30.5 Å². The third kappa shape index (κ3) is 2.14. The minimum Gasteiger partial charge on any atom is -0.398 e. The summed E-state index contributed by atoms with van der Waals surface area (Å²) < 4.78 is 16.2. The molecule has 0 aliphatic carbocycles. The molecule has 0 saturated heterocycles. The molecule has 0 fully saturated rings. The first-order chi connectivity index (χ1) is 10.2. The van der Waals surface area contributed by atoms with E-state index in [4.69, 9.17) is 5.73 Å². The second-order valence-corrected chi connectivity index (χ2v) is 4.94. The lowest BCUT2D eigenvalue weighted by Gasteiger charge is -2.11. The Morgan fingerprint density at radius 1 is 1.24 bits per heavy atom. The van der Waals surface area contributed by atoms with Crippen LogP contribution in [0.25, 0.3) is 16.6 Å². The first-order valence-electron chi connectivity index (χ1n) is 7.06. The van der Waals surface area contributed by atoms with Crippen LogP contribution in [0.1, 0.15) is 25.2 Å². The van der Waals surface area contributed by atoms with E-state index in [0.717, 1.165) is 29.6 Å². The molecule has 0 radical (unpaired) electrons. The molecule has 0 amide bonds. The number of hydrogen-bond acceptors (Lipinski definition) is 3. The van der Waals surface area contributed by atoms with Crippen molar-refractivity contribution in [1.82, 2.24) is 14.8 Å². The van der Waals surface area contributed by atoms with Gasteiger partial charge in [-0.3, -0.25) is 4.98 Å².